The van der Waals surface area contributed by atoms with Crippen molar-refractivity contribution >= 4 is 12.0 Å². The van der Waals surface area contributed by atoms with Crippen molar-refractivity contribution in [3.05, 3.63) is 18.0 Å². The van der Waals surface area contributed by atoms with Gasteiger partial charge in [-0.15, -0.1) is 0 Å². The van der Waals surface area contributed by atoms with Gasteiger partial charge in [0.05, 0.1) is 6.20 Å². The molecular weight excluding hydrogens is 276 g/mol. The molecule has 1 atom stereocenters. The van der Waals surface area contributed by atoms with E-state index in [1.165, 1.54) is 15.8 Å². The number of hydrogen-bond donors (Lipinski definition) is 3. The molecule has 0 bridgehead atoms. The molecule has 0 aliphatic heterocycles. The van der Waals surface area contributed by atoms with Gasteiger partial charge in [-0.1, -0.05) is 0 Å². The first-order chi connectivity index (χ1) is 9.95. The molecule has 0 saturated heterocycles. The van der Waals surface area contributed by atoms with Crippen molar-refractivity contribution < 1.29 is 19.8 Å². The van der Waals surface area contributed by atoms with E-state index in [2.05, 4.69) is 10.4 Å². The molecule has 0 saturated carbocycles. The number of aliphatic hydroxyl groups is 1. The molecule has 118 valence electrons. The number of aliphatic hydroxyl groups excluding tert-OH is 1. The number of unbranched alkanes of at least 4 members (excludes halogenated alkanes) is 2. The molecule has 8 heteroatoms. The molecule has 1 heterocycles. The molecule has 21 heavy (non-hydrogen) atoms. The molecule has 0 fully saturated rings. The SMILES string of the molecule is CN(CCCCCO)C(=O)NC(C(=O)O)c1cnn(C)c1. The Morgan fingerprint density at radius 3 is 2.67 bits per heavy atom. The molecule has 0 spiro atoms. The van der Waals surface area contributed by atoms with Crippen LogP contribution in [0, 0.1) is 0 Å². The number of nitrogens with one attached hydrogen (secondary N) is 1. The molecule has 0 aliphatic carbocycles. The zero-order valence-electron chi connectivity index (χ0n) is 12.3. The van der Waals surface area contributed by atoms with Crippen molar-refractivity contribution in [3.8, 4) is 0 Å². The van der Waals surface area contributed by atoms with Crippen LogP contribution < -0.4 is 5.32 Å². The smallest absolute Gasteiger partial charge is 0.331 e. The number of rotatable bonds is 8. The molecule has 1 rings (SSSR count). The predicted octanol–water partition coefficient (Wildman–Crippen LogP) is 0.350. The molecule has 3 N–H and O–H groups in total. The number of carbonyl (C=O) groups is 2. The van der Waals surface area contributed by atoms with E-state index in [4.69, 9.17) is 5.11 Å². The summed E-state index contributed by atoms with van der Waals surface area (Å²) in [6, 6.07) is -1.57. The maximum absolute atomic E-state index is 12.0. The van der Waals surface area contributed by atoms with Crippen LogP contribution in [0.5, 0.6) is 0 Å². The Hall–Kier alpha value is -2.09. The van der Waals surface area contributed by atoms with Crippen molar-refractivity contribution in [2.24, 2.45) is 7.05 Å². The van der Waals surface area contributed by atoms with Gasteiger partial charge in [0.25, 0.3) is 0 Å². The lowest BCUT2D eigenvalue weighted by Crippen LogP contribution is -2.42. The first-order valence-corrected chi connectivity index (χ1v) is 6.79. The van der Waals surface area contributed by atoms with E-state index in [0.29, 0.717) is 18.5 Å². The van der Waals surface area contributed by atoms with Gasteiger partial charge in [0.1, 0.15) is 0 Å². The monoisotopic (exact) mass is 298 g/mol. The first kappa shape index (κ1) is 17.0. The minimum absolute atomic E-state index is 0.137. The number of amides is 2. The Morgan fingerprint density at radius 1 is 1.43 bits per heavy atom. The summed E-state index contributed by atoms with van der Waals surface area (Å²) in [5, 5.41) is 24.3. The van der Waals surface area contributed by atoms with E-state index in [1.54, 1.807) is 20.3 Å². The number of aryl methyl sites for hydroxylation is 1. The molecule has 1 aromatic rings. The quantitative estimate of drug-likeness (QED) is 0.600. The van der Waals surface area contributed by atoms with Crippen LogP contribution in [0.15, 0.2) is 12.4 Å². The summed E-state index contributed by atoms with van der Waals surface area (Å²) in [4.78, 5) is 24.7. The molecule has 2 amide bonds. The second-order valence-corrected chi connectivity index (χ2v) is 4.87. The Labute approximate surface area is 123 Å². The van der Waals surface area contributed by atoms with E-state index < -0.39 is 18.0 Å². The number of aliphatic carboxylic acids is 1. The van der Waals surface area contributed by atoms with Crippen LogP contribution in [0.3, 0.4) is 0 Å². The summed E-state index contributed by atoms with van der Waals surface area (Å²) in [6.45, 7) is 0.642. The van der Waals surface area contributed by atoms with Gasteiger partial charge in [-0.05, 0) is 19.3 Å². The van der Waals surface area contributed by atoms with Crippen molar-refractivity contribution in [1.82, 2.24) is 20.0 Å². The van der Waals surface area contributed by atoms with Crippen molar-refractivity contribution in [1.29, 1.82) is 0 Å². The summed E-state index contributed by atoms with van der Waals surface area (Å²) in [6.07, 6.45) is 5.25. The number of aromatic nitrogens is 2. The highest BCUT2D eigenvalue weighted by Crippen LogP contribution is 2.12. The number of carboxylic acid groups (broad SMARTS) is 1. The maximum atomic E-state index is 12.0. The third-order valence-electron chi connectivity index (χ3n) is 3.07. The highest BCUT2D eigenvalue weighted by molar-refractivity contribution is 5.83. The van der Waals surface area contributed by atoms with Crippen LogP contribution >= 0.6 is 0 Å². The highest BCUT2D eigenvalue weighted by atomic mass is 16.4. The molecular formula is C13H22N4O4. The summed E-state index contributed by atoms with van der Waals surface area (Å²) in [5.74, 6) is -1.13. The van der Waals surface area contributed by atoms with E-state index >= 15 is 0 Å². The Kier molecular flexibility index (Phi) is 6.67. The Balaban J connectivity index is 2.55. The molecule has 8 nitrogen and oxygen atoms in total. The third kappa shape index (κ3) is 5.42. The fourth-order valence-electron chi connectivity index (χ4n) is 1.85. The van der Waals surface area contributed by atoms with E-state index in [1.807, 2.05) is 0 Å². The molecule has 1 unspecified atom stereocenters. The number of carbonyl (C=O) groups excluding carboxylic acids is 1. The van der Waals surface area contributed by atoms with Crippen LogP contribution in [-0.2, 0) is 11.8 Å². The average molecular weight is 298 g/mol. The van der Waals surface area contributed by atoms with Crippen LogP contribution in [0.25, 0.3) is 0 Å². The van der Waals surface area contributed by atoms with Crippen molar-refractivity contribution in [2.45, 2.75) is 25.3 Å². The normalized spacial score (nSPS) is 12.0. The van der Waals surface area contributed by atoms with Gasteiger partial charge in [0, 0.05) is 39.0 Å². The Morgan fingerprint density at radius 2 is 2.14 bits per heavy atom. The Bertz CT molecular complexity index is 474. The standard InChI is InChI=1S/C13H22N4O4/c1-16(6-4-3-5-7-18)13(21)15-11(12(19)20)10-8-14-17(2)9-10/h8-9,11,18H,3-7H2,1-2H3,(H,15,21)(H,19,20). The average Bonchev–Trinajstić information content (AvgIpc) is 2.86. The van der Waals surface area contributed by atoms with Gasteiger partial charge >= 0.3 is 12.0 Å². The van der Waals surface area contributed by atoms with Gasteiger partial charge < -0.3 is 20.4 Å². The van der Waals surface area contributed by atoms with Crippen LogP contribution in [0.4, 0.5) is 4.79 Å². The maximum Gasteiger partial charge on any atom is 0.331 e. The number of hydrogen-bond acceptors (Lipinski definition) is 4. The minimum Gasteiger partial charge on any atom is -0.479 e. The van der Waals surface area contributed by atoms with E-state index in [-0.39, 0.29) is 6.61 Å². The van der Waals surface area contributed by atoms with Crippen molar-refractivity contribution in [3.63, 3.8) is 0 Å². The van der Waals surface area contributed by atoms with Crippen LogP contribution in [0.1, 0.15) is 30.9 Å². The lowest BCUT2D eigenvalue weighted by atomic mass is 10.1. The fraction of sp³-hybridized carbons (Fsp3) is 0.615. The number of carboxylic acids is 1. The van der Waals surface area contributed by atoms with Gasteiger partial charge in [-0.3, -0.25) is 4.68 Å². The van der Waals surface area contributed by atoms with Gasteiger partial charge in [0.15, 0.2) is 6.04 Å². The van der Waals surface area contributed by atoms with Gasteiger partial charge in [0.2, 0.25) is 0 Å². The fourth-order valence-corrected chi connectivity index (χ4v) is 1.85. The molecule has 1 aromatic heterocycles. The highest BCUT2D eigenvalue weighted by Gasteiger charge is 2.24. The van der Waals surface area contributed by atoms with Gasteiger partial charge in [-0.25, -0.2) is 9.59 Å². The lowest BCUT2D eigenvalue weighted by molar-refractivity contribution is -0.139. The summed E-state index contributed by atoms with van der Waals surface area (Å²) in [7, 11) is 3.29. The second kappa shape index (κ2) is 8.25. The third-order valence-corrected chi connectivity index (χ3v) is 3.07. The summed E-state index contributed by atoms with van der Waals surface area (Å²) < 4.78 is 1.48. The topological polar surface area (TPSA) is 108 Å². The van der Waals surface area contributed by atoms with E-state index in [0.717, 1.165) is 12.8 Å². The van der Waals surface area contributed by atoms with E-state index in [9.17, 15) is 14.7 Å². The molecule has 0 radical (unpaired) electrons. The van der Waals surface area contributed by atoms with Crippen LogP contribution in [0.2, 0.25) is 0 Å². The number of urea groups is 1. The largest absolute Gasteiger partial charge is 0.479 e. The summed E-state index contributed by atoms with van der Waals surface area (Å²) in [5.41, 5.74) is 0.423. The van der Waals surface area contributed by atoms with Gasteiger partial charge in [-0.2, -0.15) is 5.10 Å². The zero-order chi connectivity index (χ0) is 15.8. The lowest BCUT2D eigenvalue weighted by Gasteiger charge is -2.20. The first-order valence-electron chi connectivity index (χ1n) is 6.79. The molecule has 0 aliphatic rings. The minimum atomic E-state index is -1.13. The predicted molar refractivity (Wildman–Crippen MR) is 75.7 cm³/mol. The van der Waals surface area contributed by atoms with Crippen molar-refractivity contribution in [2.75, 3.05) is 20.2 Å². The van der Waals surface area contributed by atoms with Crippen LogP contribution in [-0.4, -0.2) is 57.1 Å². The molecule has 0 aromatic carbocycles. The second-order valence-electron chi connectivity index (χ2n) is 4.87. The zero-order valence-corrected chi connectivity index (χ0v) is 12.3. The number of nitrogens with zero attached hydrogens (tertiary/aromatic N) is 3. The summed E-state index contributed by atoms with van der Waals surface area (Å²) >= 11 is 0.